The van der Waals surface area contributed by atoms with Crippen molar-refractivity contribution in [1.29, 1.82) is 0 Å². The van der Waals surface area contributed by atoms with Gasteiger partial charge in [0.1, 0.15) is 0 Å². The third kappa shape index (κ3) is 3.13. The van der Waals surface area contributed by atoms with Crippen LogP contribution in [-0.4, -0.2) is 58.7 Å². The molecule has 0 spiro atoms. The molecule has 3 heterocycles. The maximum Gasteiger partial charge on any atom is 0.180 e. The molecule has 6 nitrogen and oxygen atoms in total. The van der Waals surface area contributed by atoms with Crippen molar-refractivity contribution in [2.24, 2.45) is 4.99 Å². The molecule has 116 valence electrons. The normalized spacial score (nSPS) is 17.8. The lowest BCUT2D eigenvalue weighted by Crippen LogP contribution is -2.45. The van der Waals surface area contributed by atoms with Crippen molar-refractivity contribution in [2.75, 3.05) is 38.1 Å². The van der Waals surface area contributed by atoms with E-state index in [2.05, 4.69) is 31.8 Å². The number of rotatable bonds is 3. The Kier molecular flexibility index (Phi) is 4.40. The summed E-state index contributed by atoms with van der Waals surface area (Å²) in [5.41, 5.74) is 0.862. The monoisotopic (exact) mass is 318 g/mol. The molecule has 0 saturated carbocycles. The Bertz CT molecular complexity index is 712. The van der Waals surface area contributed by atoms with Crippen molar-refractivity contribution in [1.82, 2.24) is 19.3 Å². The second kappa shape index (κ2) is 6.46. The zero-order chi connectivity index (χ0) is 15.5. The molecule has 1 aliphatic heterocycles. The number of piperazine rings is 1. The van der Waals surface area contributed by atoms with Crippen molar-refractivity contribution in [3.05, 3.63) is 29.7 Å². The molecule has 0 bridgehead atoms. The Labute approximate surface area is 134 Å². The van der Waals surface area contributed by atoms with Gasteiger partial charge in [0.15, 0.2) is 17.3 Å². The van der Waals surface area contributed by atoms with E-state index >= 15 is 0 Å². The molecule has 1 aliphatic rings. The number of aliphatic imine (C=N–C) groups is 1. The minimum atomic E-state index is 0.591. The standard InChI is InChI=1S/C15H19ClN6/c1-3-12(16)10-18-13-11-22-5-4-17-14(22)15(19-13)21-8-6-20(2)7-9-21/h3-5,10-11H,6-9H2,1-2H3/b12-3+,18-10?. The molecule has 0 aliphatic carbocycles. The summed E-state index contributed by atoms with van der Waals surface area (Å²) in [5, 5.41) is 0.591. The average Bonchev–Trinajstić information content (AvgIpc) is 3.01. The highest BCUT2D eigenvalue weighted by atomic mass is 35.5. The summed E-state index contributed by atoms with van der Waals surface area (Å²) >= 11 is 5.97. The van der Waals surface area contributed by atoms with Gasteiger partial charge in [0.25, 0.3) is 0 Å². The fourth-order valence-electron chi connectivity index (χ4n) is 2.40. The second-order valence-electron chi connectivity index (χ2n) is 5.30. The highest BCUT2D eigenvalue weighted by molar-refractivity contribution is 6.39. The van der Waals surface area contributed by atoms with Gasteiger partial charge in [0.2, 0.25) is 0 Å². The van der Waals surface area contributed by atoms with Crippen LogP contribution in [0.25, 0.3) is 5.65 Å². The number of aromatic nitrogens is 3. The molecule has 0 unspecified atom stereocenters. The van der Waals surface area contributed by atoms with E-state index in [0.717, 1.165) is 37.6 Å². The van der Waals surface area contributed by atoms with E-state index in [1.54, 1.807) is 18.5 Å². The molecule has 7 heteroatoms. The van der Waals surface area contributed by atoms with E-state index in [4.69, 9.17) is 11.6 Å². The van der Waals surface area contributed by atoms with Crippen LogP contribution in [0.5, 0.6) is 0 Å². The molecule has 2 aromatic heterocycles. The largest absolute Gasteiger partial charge is 0.351 e. The van der Waals surface area contributed by atoms with Crippen LogP contribution in [0, 0.1) is 0 Å². The van der Waals surface area contributed by atoms with E-state index < -0.39 is 0 Å². The van der Waals surface area contributed by atoms with Crippen LogP contribution in [0.3, 0.4) is 0 Å². The van der Waals surface area contributed by atoms with Gasteiger partial charge >= 0.3 is 0 Å². The van der Waals surface area contributed by atoms with Crippen molar-refractivity contribution in [3.63, 3.8) is 0 Å². The van der Waals surface area contributed by atoms with Gasteiger partial charge in [-0.25, -0.2) is 15.0 Å². The van der Waals surface area contributed by atoms with Crippen LogP contribution < -0.4 is 4.90 Å². The predicted molar refractivity (Wildman–Crippen MR) is 90.5 cm³/mol. The topological polar surface area (TPSA) is 49.0 Å². The first-order valence-electron chi connectivity index (χ1n) is 7.30. The van der Waals surface area contributed by atoms with Gasteiger partial charge in [-0.05, 0) is 14.0 Å². The van der Waals surface area contributed by atoms with Crippen LogP contribution >= 0.6 is 11.6 Å². The fourth-order valence-corrected chi connectivity index (χ4v) is 2.45. The summed E-state index contributed by atoms with van der Waals surface area (Å²) in [6.45, 7) is 5.79. The van der Waals surface area contributed by atoms with E-state index in [-0.39, 0.29) is 0 Å². The molecular formula is C15H19ClN6. The maximum atomic E-state index is 5.97. The molecule has 2 aromatic rings. The Balaban J connectivity index is 1.97. The minimum absolute atomic E-state index is 0.591. The lowest BCUT2D eigenvalue weighted by atomic mass is 10.3. The number of hydrogen-bond acceptors (Lipinski definition) is 5. The first kappa shape index (κ1) is 15.0. The first-order chi connectivity index (χ1) is 10.7. The van der Waals surface area contributed by atoms with Crippen molar-refractivity contribution < 1.29 is 0 Å². The zero-order valence-electron chi connectivity index (χ0n) is 12.8. The average molecular weight is 319 g/mol. The van der Waals surface area contributed by atoms with Crippen molar-refractivity contribution in [3.8, 4) is 0 Å². The Morgan fingerprint density at radius 1 is 1.32 bits per heavy atom. The summed E-state index contributed by atoms with van der Waals surface area (Å²) in [5.74, 6) is 1.50. The first-order valence-corrected chi connectivity index (χ1v) is 7.68. The highest BCUT2D eigenvalue weighted by Gasteiger charge is 2.19. The van der Waals surface area contributed by atoms with E-state index in [1.807, 2.05) is 23.7 Å². The highest BCUT2D eigenvalue weighted by Crippen LogP contribution is 2.23. The smallest absolute Gasteiger partial charge is 0.180 e. The number of nitrogens with zero attached hydrogens (tertiary/aromatic N) is 6. The van der Waals surface area contributed by atoms with E-state index in [0.29, 0.717) is 10.9 Å². The van der Waals surface area contributed by atoms with Gasteiger partial charge in [-0.3, -0.25) is 0 Å². The number of anilines is 1. The van der Waals surface area contributed by atoms with Crippen LogP contribution in [-0.2, 0) is 0 Å². The molecule has 1 fully saturated rings. The van der Waals surface area contributed by atoms with Gasteiger partial charge < -0.3 is 14.2 Å². The summed E-state index contributed by atoms with van der Waals surface area (Å²) in [6.07, 6.45) is 8.96. The SMILES string of the molecule is C/C=C(/Cl)C=Nc1cn2ccnc2c(N2CCN(C)CC2)n1. The lowest BCUT2D eigenvalue weighted by Gasteiger charge is -2.33. The van der Waals surface area contributed by atoms with Gasteiger partial charge in [-0.1, -0.05) is 17.7 Å². The number of hydrogen-bond donors (Lipinski definition) is 0. The van der Waals surface area contributed by atoms with Gasteiger partial charge in [0, 0.05) is 44.8 Å². The molecule has 0 N–H and O–H groups in total. The van der Waals surface area contributed by atoms with E-state index in [1.165, 1.54) is 0 Å². The number of imidazole rings is 1. The van der Waals surface area contributed by atoms with Crippen LogP contribution in [0.4, 0.5) is 11.6 Å². The fraction of sp³-hybridized carbons (Fsp3) is 0.400. The molecular weight excluding hydrogens is 300 g/mol. The number of allylic oxidation sites excluding steroid dienone is 2. The number of fused-ring (bicyclic) bond motifs is 1. The summed E-state index contributed by atoms with van der Waals surface area (Å²) in [4.78, 5) is 18.0. The molecule has 3 rings (SSSR count). The second-order valence-corrected chi connectivity index (χ2v) is 5.74. The summed E-state index contributed by atoms with van der Waals surface area (Å²) < 4.78 is 1.96. The molecule has 1 saturated heterocycles. The number of likely N-dealkylation sites (N-methyl/N-ethyl adjacent to an activating group) is 1. The Morgan fingerprint density at radius 3 is 2.82 bits per heavy atom. The third-order valence-corrected chi connectivity index (χ3v) is 4.06. The maximum absolute atomic E-state index is 5.97. The van der Waals surface area contributed by atoms with Crippen molar-refractivity contribution in [2.45, 2.75) is 6.92 Å². The summed E-state index contributed by atoms with van der Waals surface area (Å²) in [7, 11) is 2.13. The van der Waals surface area contributed by atoms with Gasteiger partial charge in [-0.2, -0.15) is 0 Å². The Morgan fingerprint density at radius 2 is 2.09 bits per heavy atom. The molecule has 0 amide bonds. The molecule has 0 radical (unpaired) electrons. The molecule has 22 heavy (non-hydrogen) atoms. The summed E-state index contributed by atoms with van der Waals surface area (Å²) in [6, 6.07) is 0. The molecule has 0 aromatic carbocycles. The van der Waals surface area contributed by atoms with Gasteiger partial charge in [-0.15, -0.1) is 0 Å². The third-order valence-electron chi connectivity index (χ3n) is 3.74. The molecule has 0 atom stereocenters. The number of halogens is 1. The predicted octanol–water partition coefficient (Wildman–Crippen LogP) is 2.33. The van der Waals surface area contributed by atoms with Crippen LogP contribution in [0.15, 0.2) is 34.7 Å². The van der Waals surface area contributed by atoms with Crippen LogP contribution in [0.1, 0.15) is 6.92 Å². The quantitative estimate of drug-likeness (QED) is 0.815. The van der Waals surface area contributed by atoms with Crippen molar-refractivity contribution >= 4 is 35.1 Å². The minimum Gasteiger partial charge on any atom is -0.351 e. The lowest BCUT2D eigenvalue weighted by molar-refractivity contribution is 0.312. The van der Waals surface area contributed by atoms with Crippen LogP contribution in [0.2, 0.25) is 0 Å². The zero-order valence-corrected chi connectivity index (χ0v) is 13.5. The Hall–Kier alpha value is -1.92. The van der Waals surface area contributed by atoms with E-state index in [9.17, 15) is 0 Å². The van der Waals surface area contributed by atoms with Gasteiger partial charge in [0.05, 0.1) is 11.2 Å².